The Balaban J connectivity index is 1.11. The summed E-state index contributed by atoms with van der Waals surface area (Å²) in [7, 11) is 0. The maximum Gasteiger partial charge on any atom is 0.148 e. The molecule has 0 radical (unpaired) electrons. The fourth-order valence-electron chi connectivity index (χ4n) is 12.1. The van der Waals surface area contributed by atoms with Crippen LogP contribution in [0.3, 0.4) is 0 Å². The van der Waals surface area contributed by atoms with Gasteiger partial charge in [-0.2, -0.15) is 0 Å². The van der Waals surface area contributed by atoms with Gasteiger partial charge in [0.05, 0.1) is 10.8 Å². The molecule has 2 aliphatic carbocycles. The molecule has 2 aliphatic rings. The topological polar surface area (TPSA) is 47.9 Å². The third kappa shape index (κ3) is 6.68. The highest BCUT2D eigenvalue weighted by atomic mass is 16.5. The summed E-state index contributed by atoms with van der Waals surface area (Å²) in [6.07, 6.45) is 16.7. The lowest BCUT2D eigenvalue weighted by Crippen LogP contribution is -2.30. The van der Waals surface area contributed by atoms with E-state index in [1.807, 2.05) is 30.3 Å². The number of hydrogen-bond donors (Lipinski definition) is 1. The summed E-state index contributed by atoms with van der Waals surface area (Å²) in [4.78, 5) is 0. The molecule has 0 bridgehead atoms. The molecule has 344 valence electrons. The Kier molecular flexibility index (Phi) is 10.1. The van der Waals surface area contributed by atoms with Crippen molar-refractivity contribution in [2.24, 2.45) is 0 Å². The van der Waals surface area contributed by atoms with Gasteiger partial charge in [0.2, 0.25) is 0 Å². The molecule has 0 aromatic heterocycles. The summed E-state index contributed by atoms with van der Waals surface area (Å²) >= 11 is 0. The van der Waals surface area contributed by atoms with Crippen molar-refractivity contribution < 1.29 is 19.3 Å². The Bertz CT molecular complexity index is 4130. The minimum Gasteiger partial charge on any atom is -0.508 e. The molecule has 13 rings (SSSR count). The molecule has 4 nitrogen and oxygen atoms in total. The Labute approximate surface area is 424 Å². The van der Waals surface area contributed by atoms with Crippen LogP contribution in [0.25, 0.3) is 65.3 Å². The number of ether oxygens (including phenoxy) is 3. The normalized spacial score (nSPS) is 14.6. The standard InChI is InChI=1S/C69H44O4/c1-4-31-71-57-28-20-45-35-53(24-16-49(45)39-57)68(52-23-15-48-38-56(70)27-19-44(48)34-52)64-13-9-7-11-60(64)62-43-67-63(42-66(62)68)61-12-8-10-14-65(61)69(67,54-25-17-50-40-58(72-32-5-2)29-21-46(50)36-54)55-26-18-51-41-59(73-33-6-3)30-22-47(51)37-55/h1-3,7-30,34-43,70H,31-33H2. The van der Waals surface area contributed by atoms with Gasteiger partial charge >= 0.3 is 0 Å². The van der Waals surface area contributed by atoms with Gasteiger partial charge in [0.1, 0.15) is 42.8 Å². The van der Waals surface area contributed by atoms with Gasteiger partial charge in [-0.3, -0.25) is 0 Å². The first-order chi connectivity index (χ1) is 35.9. The maximum absolute atomic E-state index is 10.6. The van der Waals surface area contributed by atoms with Crippen LogP contribution in [0.15, 0.2) is 206 Å². The van der Waals surface area contributed by atoms with Crippen LogP contribution in [0.2, 0.25) is 0 Å². The molecule has 0 saturated heterocycles. The molecule has 0 heterocycles. The second-order valence-corrected chi connectivity index (χ2v) is 18.9. The number of aromatic hydroxyl groups is 1. The first kappa shape index (κ1) is 43.4. The van der Waals surface area contributed by atoms with Crippen molar-refractivity contribution in [2.45, 2.75) is 10.8 Å². The average molecular weight is 937 g/mol. The van der Waals surface area contributed by atoms with Crippen molar-refractivity contribution in [3.05, 3.63) is 251 Å². The average Bonchev–Trinajstić information content (AvgIpc) is 3.89. The smallest absolute Gasteiger partial charge is 0.148 e. The number of rotatable bonds is 10. The van der Waals surface area contributed by atoms with Gasteiger partial charge in [-0.1, -0.05) is 139 Å². The van der Waals surface area contributed by atoms with Crippen molar-refractivity contribution in [3.8, 4) is 82.3 Å². The van der Waals surface area contributed by atoms with E-state index in [0.29, 0.717) is 0 Å². The molecule has 1 N–H and O–H groups in total. The number of terminal acetylenes is 3. The zero-order chi connectivity index (χ0) is 49.3. The first-order valence-electron chi connectivity index (χ1n) is 24.3. The summed E-state index contributed by atoms with van der Waals surface area (Å²) in [5, 5.41) is 19.0. The van der Waals surface area contributed by atoms with E-state index >= 15 is 0 Å². The number of fused-ring (bicyclic) bond motifs is 10. The van der Waals surface area contributed by atoms with E-state index < -0.39 is 10.8 Å². The molecule has 0 fully saturated rings. The van der Waals surface area contributed by atoms with E-state index in [1.54, 1.807) is 6.07 Å². The van der Waals surface area contributed by atoms with Crippen LogP contribution in [-0.2, 0) is 10.8 Å². The van der Waals surface area contributed by atoms with Gasteiger partial charge in [0.25, 0.3) is 0 Å². The van der Waals surface area contributed by atoms with E-state index in [2.05, 4.69) is 188 Å². The number of hydrogen-bond acceptors (Lipinski definition) is 4. The fraction of sp³-hybridized carbons (Fsp3) is 0.0725. The molecule has 4 heteroatoms. The van der Waals surface area contributed by atoms with E-state index in [4.69, 9.17) is 33.5 Å². The van der Waals surface area contributed by atoms with Crippen molar-refractivity contribution >= 4 is 43.1 Å². The summed E-state index contributed by atoms with van der Waals surface area (Å²) in [6.45, 7) is 0.597. The van der Waals surface area contributed by atoms with Crippen LogP contribution < -0.4 is 14.2 Å². The molecule has 73 heavy (non-hydrogen) atoms. The molecule has 0 saturated carbocycles. The fourth-order valence-corrected chi connectivity index (χ4v) is 12.1. The monoisotopic (exact) mass is 936 g/mol. The van der Waals surface area contributed by atoms with Crippen molar-refractivity contribution in [3.63, 3.8) is 0 Å². The quantitative estimate of drug-likeness (QED) is 0.139. The van der Waals surface area contributed by atoms with Gasteiger partial charge in [0.15, 0.2) is 0 Å². The zero-order valence-corrected chi connectivity index (χ0v) is 39.7. The summed E-state index contributed by atoms with van der Waals surface area (Å²) in [6, 6.07) is 74.3. The second-order valence-electron chi connectivity index (χ2n) is 18.9. The van der Waals surface area contributed by atoms with E-state index in [-0.39, 0.29) is 25.6 Å². The van der Waals surface area contributed by atoms with Gasteiger partial charge in [0, 0.05) is 0 Å². The van der Waals surface area contributed by atoms with Crippen LogP contribution in [0.5, 0.6) is 23.0 Å². The Morgan fingerprint density at radius 2 is 0.630 bits per heavy atom. The summed E-state index contributed by atoms with van der Waals surface area (Å²) < 4.78 is 17.7. The lowest BCUT2D eigenvalue weighted by Gasteiger charge is -2.36. The minimum absolute atomic E-state index is 0.199. The Morgan fingerprint density at radius 3 is 1.00 bits per heavy atom. The highest BCUT2D eigenvalue weighted by Gasteiger charge is 2.51. The van der Waals surface area contributed by atoms with Gasteiger partial charge in [-0.15, -0.1) is 19.3 Å². The Morgan fingerprint density at radius 1 is 0.315 bits per heavy atom. The van der Waals surface area contributed by atoms with E-state index in [9.17, 15) is 5.11 Å². The predicted octanol–water partition coefficient (Wildman–Crippen LogP) is 14.8. The second kappa shape index (κ2) is 17.0. The van der Waals surface area contributed by atoms with Crippen molar-refractivity contribution in [1.29, 1.82) is 0 Å². The van der Waals surface area contributed by atoms with Gasteiger partial charge < -0.3 is 19.3 Å². The summed E-state index contributed by atoms with van der Waals surface area (Å²) in [5.74, 6) is 10.2. The van der Waals surface area contributed by atoms with Crippen LogP contribution in [0, 0.1) is 37.0 Å². The molecule has 0 spiro atoms. The predicted molar refractivity (Wildman–Crippen MR) is 296 cm³/mol. The Hall–Kier alpha value is -9.66. The maximum atomic E-state index is 10.6. The SMILES string of the molecule is C#CCOc1ccc2cc(C3(c4ccc5cc(O)ccc5c4)c4ccccc4-c4cc5c(cc43)-c3ccccc3C5(c3ccc4cc(OCC#C)ccc4c3)c3ccc4cc(OCC#C)ccc4c3)ccc2c1. The highest BCUT2D eigenvalue weighted by molar-refractivity contribution is 5.98. The molecule has 0 aliphatic heterocycles. The molecule has 11 aromatic rings. The van der Waals surface area contributed by atoms with Gasteiger partial charge in [-0.25, -0.2) is 0 Å². The highest BCUT2D eigenvalue weighted by Crippen LogP contribution is 2.63. The lowest BCUT2D eigenvalue weighted by atomic mass is 9.65. The van der Waals surface area contributed by atoms with E-state index in [1.165, 1.54) is 44.5 Å². The van der Waals surface area contributed by atoms with E-state index in [0.717, 1.165) is 82.6 Å². The van der Waals surface area contributed by atoms with Crippen LogP contribution >= 0.6 is 0 Å². The molecule has 1 unspecified atom stereocenters. The molecule has 0 amide bonds. The van der Waals surface area contributed by atoms with Crippen molar-refractivity contribution in [2.75, 3.05) is 19.8 Å². The largest absolute Gasteiger partial charge is 0.508 e. The molecular formula is C69H44O4. The van der Waals surface area contributed by atoms with Gasteiger partial charge in [-0.05, 0) is 195 Å². The van der Waals surface area contributed by atoms with Crippen LogP contribution in [0.1, 0.15) is 44.5 Å². The lowest BCUT2D eigenvalue weighted by molar-refractivity contribution is 0.371. The molecule has 1 atom stereocenters. The van der Waals surface area contributed by atoms with Crippen LogP contribution in [-0.4, -0.2) is 24.9 Å². The van der Waals surface area contributed by atoms with Crippen molar-refractivity contribution in [1.82, 2.24) is 0 Å². The number of benzene rings is 11. The number of phenolic OH excluding ortho intramolecular Hbond substituents is 1. The molecular weight excluding hydrogens is 893 g/mol. The summed E-state index contributed by atoms with van der Waals surface area (Å²) in [5.41, 5.74) is 12.5. The number of phenols is 1. The zero-order valence-electron chi connectivity index (χ0n) is 39.7. The minimum atomic E-state index is -0.760. The third-order valence-corrected chi connectivity index (χ3v) is 15.2. The third-order valence-electron chi connectivity index (χ3n) is 15.2. The van der Waals surface area contributed by atoms with Crippen LogP contribution in [0.4, 0.5) is 0 Å². The first-order valence-corrected chi connectivity index (χ1v) is 24.3. The molecule has 11 aromatic carbocycles.